The van der Waals surface area contributed by atoms with Gasteiger partial charge in [0.25, 0.3) is 0 Å². The third-order valence-electron chi connectivity index (χ3n) is 8.05. The SMILES string of the molecule is CCC1CCC(CN(Cc2cc(C(CC(=O)O)c3ccc(NC)c(N)c3C)ccc2C)C(N)=O)CC1. The Balaban J connectivity index is 1.89. The Morgan fingerprint density at radius 3 is 2.36 bits per heavy atom. The largest absolute Gasteiger partial charge is 0.481 e. The highest BCUT2D eigenvalue weighted by molar-refractivity contribution is 5.74. The summed E-state index contributed by atoms with van der Waals surface area (Å²) in [4.78, 5) is 26.0. The quantitative estimate of drug-likeness (QED) is 0.319. The van der Waals surface area contributed by atoms with E-state index in [0.717, 1.165) is 52.3 Å². The maximum atomic E-state index is 12.4. The van der Waals surface area contributed by atoms with E-state index < -0.39 is 12.0 Å². The number of carbonyl (C=O) groups is 2. The summed E-state index contributed by atoms with van der Waals surface area (Å²) < 4.78 is 0. The van der Waals surface area contributed by atoms with Crippen LogP contribution < -0.4 is 16.8 Å². The normalized spacial score (nSPS) is 18.4. The number of aryl methyl sites for hydroxylation is 1. The molecule has 1 aliphatic carbocycles. The minimum absolute atomic E-state index is 0.0537. The van der Waals surface area contributed by atoms with E-state index in [-0.39, 0.29) is 12.3 Å². The minimum atomic E-state index is -0.876. The number of hydrogen-bond donors (Lipinski definition) is 4. The number of primary amides is 1. The zero-order valence-corrected chi connectivity index (χ0v) is 22.1. The lowest BCUT2D eigenvalue weighted by Gasteiger charge is -2.32. The van der Waals surface area contributed by atoms with Gasteiger partial charge in [-0.05, 0) is 72.4 Å². The highest BCUT2D eigenvalue weighted by atomic mass is 16.4. The van der Waals surface area contributed by atoms with Gasteiger partial charge in [0.2, 0.25) is 0 Å². The number of benzene rings is 2. The second-order valence-electron chi connectivity index (χ2n) is 10.3. The third kappa shape index (κ3) is 6.50. The number of nitrogen functional groups attached to an aromatic ring is 1. The van der Waals surface area contributed by atoms with Gasteiger partial charge in [-0.25, -0.2) is 4.79 Å². The number of rotatable bonds is 10. The Labute approximate surface area is 215 Å². The molecular formula is C29H42N4O3. The zero-order valence-electron chi connectivity index (χ0n) is 22.1. The molecule has 0 aliphatic heterocycles. The van der Waals surface area contributed by atoms with Crippen LogP contribution in [0.15, 0.2) is 30.3 Å². The molecule has 1 unspecified atom stereocenters. The zero-order chi connectivity index (χ0) is 26.4. The van der Waals surface area contributed by atoms with E-state index in [1.165, 1.54) is 19.3 Å². The molecule has 0 saturated heterocycles. The Morgan fingerprint density at radius 2 is 1.78 bits per heavy atom. The van der Waals surface area contributed by atoms with Crippen molar-refractivity contribution in [2.75, 3.05) is 24.6 Å². The first-order valence-electron chi connectivity index (χ1n) is 13.1. The van der Waals surface area contributed by atoms with Crippen molar-refractivity contribution in [2.45, 2.75) is 71.8 Å². The minimum Gasteiger partial charge on any atom is -0.481 e. The van der Waals surface area contributed by atoms with Crippen LogP contribution in [0.25, 0.3) is 0 Å². The van der Waals surface area contributed by atoms with Crippen molar-refractivity contribution in [3.63, 3.8) is 0 Å². The monoisotopic (exact) mass is 494 g/mol. The molecule has 7 nitrogen and oxygen atoms in total. The van der Waals surface area contributed by atoms with Gasteiger partial charge < -0.3 is 26.8 Å². The summed E-state index contributed by atoms with van der Waals surface area (Å²) in [7, 11) is 1.81. The Kier molecular flexibility index (Phi) is 9.24. The number of carboxylic acid groups (broad SMARTS) is 1. The van der Waals surface area contributed by atoms with E-state index in [9.17, 15) is 14.7 Å². The number of carboxylic acids is 1. The van der Waals surface area contributed by atoms with Crippen LogP contribution in [0.1, 0.15) is 79.2 Å². The summed E-state index contributed by atoms with van der Waals surface area (Å²) in [6.07, 6.45) is 5.86. The summed E-state index contributed by atoms with van der Waals surface area (Å²) in [5.41, 5.74) is 18.3. The third-order valence-corrected chi connectivity index (χ3v) is 8.05. The van der Waals surface area contributed by atoms with E-state index in [4.69, 9.17) is 11.5 Å². The number of hydrogen-bond acceptors (Lipinski definition) is 4. The average molecular weight is 495 g/mol. The highest BCUT2D eigenvalue weighted by Crippen LogP contribution is 2.36. The Hall–Kier alpha value is -3.22. The van der Waals surface area contributed by atoms with E-state index in [1.54, 1.807) is 4.90 Å². The average Bonchev–Trinajstić information content (AvgIpc) is 2.85. The van der Waals surface area contributed by atoms with Gasteiger partial charge >= 0.3 is 12.0 Å². The first kappa shape index (κ1) is 27.4. The molecule has 1 fully saturated rings. The van der Waals surface area contributed by atoms with Gasteiger partial charge in [-0.3, -0.25) is 4.79 Å². The fourth-order valence-electron chi connectivity index (χ4n) is 5.57. The van der Waals surface area contributed by atoms with Gasteiger partial charge in [0.15, 0.2) is 0 Å². The van der Waals surface area contributed by atoms with Crippen LogP contribution in [0.3, 0.4) is 0 Å². The smallest absolute Gasteiger partial charge is 0.315 e. The molecule has 0 spiro atoms. The van der Waals surface area contributed by atoms with Gasteiger partial charge in [0, 0.05) is 26.1 Å². The fraction of sp³-hybridized carbons (Fsp3) is 0.517. The van der Waals surface area contributed by atoms with Crippen molar-refractivity contribution in [1.29, 1.82) is 0 Å². The van der Waals surface area contributed by atoms with Crippen LogP contribution in [0.4, 0.5) is 16.2 Å². The van der Waals surface area contributed by atoms with Crippen LogP contribution in [-0.2, 0) is 11.3 Å². The highest BCUT2D eigenvalue weighted by Gasteiger charge is 2.25. The fourth-order valence-corrected chi connectivity index (χ4v) is 5.57. The van der Waals surface area contributed by atoms with E-state index in [2.05, 4.69) is 12.2 Å². The molecule has 1 saturated carbocycles. The standard InChI is InChI=1S/C29H42N4O3/c1-5-20-7-9-21(10-8-20)16-33(29(31)36)17-23-14-22(11-6-18(23)2)25(15-27(34)35)24-12-13-26(32-4)28(30)19(24)3/h6,11-14,20-21,25,32H,5,7-10,15-17,30H2,1-4H3,(H2,31,36)(H,34,35). The lowest BCUT2D eigenvalue weighted by molar-refractivity contribution is -0.137. The van der Waals surface area contributed by atoms with Crippen molar-refractivity contribution >= 4 is 23.4 Å². The molecule has 2 aromatic carbocycles. The molecule has 36 heavy (non-hydrogen) atoms. The molecule has 1 atom stereocenters. The topological polar surface area (TPSA) is 122 Å². The molecule has 2 amide bonds. The van der Waals surface area contributed by atoms with Gasteiger partial charge in [-0.2, -0.15) is 0 Å². The van der Waals surface area contributed by atoms with Gasteiger partial charge in [-0.15, -0.1) is 0 Å². The van der Waals surface area contributed by atoms with E-state index in [0.29, 0.717) is 24.7 Å². The number of nitrogens with zero attached hydrogens (tertiary/aromatic N) is 1. The van der Waals surface area contributed by atoms with Crippen molar-refractivity contribution in [3.8, 4) is 0 Å². The second kappa shape index (κ2) is 12.2. The maximum Gasteiger partial charge on any atom is 0.315 e. The van der Waals surface area contributed by atoms with Gasteiger partial charge in [0.05, 0.1) is 17.8 Å². The molecule has 6 N–H and O–H groups in total. The van der Waals surface area contributed by atoms with E-state index >= 15 is 0 Å². The molecule has 1 aliphatic rings. The second-order valence-corrected chi connectivity index (χ2v) is 10.3. The summed E-state index contributed by atoms with van der Waals surface area (Å²) in [5, 5.41) is 12.8. The number of nitrogens with one attached hydrogen (secondary N) is 1. The van der Waals surface area contributed by atoms with Crippen LogP contribution in [0.2, 0.25) is 0 Å². The molecule has 3 rings (SSSR count). The molecule has 0 bridgehead atoms. The molecule has 0 aromatic heterocycles. The van der Waals surface area contributed by atoms with Crippen LogP contribution in [0, 0.1) is 25.7 Å². The Bertz CT molecular complexity index is 1080. The lowest BCUT2D eigenvalue weighted by atomic mass is 9.80. The molecule has 0 heterocycles. The number of nitrogens with two attached hydrogens (primary N) is 2. The van der Waals surface area contributed by atoms with Gasteiger partial charge in [0.1, 0.15) is 0 Å². The molecule has 2 aromatic rings. The summed E-state index contributed by atoms with van der Waals surface area (Å²) in [6.45, 7) is 7.27. The first-order valence-corrected chi connectivity index (χ1v) is 13.1. The molecule has 196 valence electrons. The Morgan fingerprint density at radius 1 is 1.11 bits per heavy atom. The number of aliphatic carboxylic acids is 1. The lowest BCUT2D eigenvalue weighted by Crippen LogP contribution is -2.39. The first-order chi connectivity index (χ1) is 17.1. The molecule has 7 heteroatoms. The van der Waals surface area contributed by atoms with Crippen LogP contribution in [0.5, 0.6) is 0 Å². The van der Waals surface area contributed by atoms with Crippen molar-refractivity contribution in [1.82, 2.24) is 4.90 Å². The van der Waals surface area contributed by atoms with Crippen LogP contribution >= 0.6 is 0 Å². The molecular weight excluding hydrogens is 452 g/mol. The van der Waals surface area contributed by atoms with Crippen molar-refractivity contribution in [3.05, 3.63) is 58.1 Å². The maximum absolute atomic E-state index is 12.4. The van der Waals surface area contributed by atoms with Crippen molar-refractivity contribution < 1.29 is 14.7 Å². The summed E-state index contributed by atoms with van der Waals surface area (Å²) in [5.74, 6) is 0.0357. The van der Waals surface area contributed by atoms with E-state index in [1.807, 2.05) is 51.2 Å². The number of carbonyl (C=O) groups excluding carboxylic acids is 1. The predicted molar refractivity (Wildman–Crippen MR) is 146 cm³/mol. The number of amides is 2. The summed E-state index contributed by atoms with van der Waals surface area (Å²) in [6, 6.07) is 9.46. The predicted octanol–water partition coefficient (Wildman–Crippen LogP) is 5.63. The number of anilines is 2. The van der Waals surface area contributed by atoms with Crippen LogP contribution in [-0.4, -0.2) is 35.6 Å². The summed E-state index contributed by atoms with van der Waals surface area (Å²) >= 11 is 0. The number of urea groups is 1. The molecule has 0 radical (unpaired) electrons. The van der Waals surface area contributed by atoms with Crippen molar-refractivity contribution in [2.24, 2.45) is 17.6 Å². The van der Waals surface area contributed by atoms with Gasteiger partial charge in [-0.1, -0.05) is 50.5 Å².